The van der Waals surface area contributed by atoms with Crippen molar-refractivity contribution in [1.29, 1.82) is 0 Å². The van der Waals surface area contributed by atoms with Gasteiger partial charge in [0.15, 0.2) is 5.67 Å². The molecule has 5 nitrogen and oxygen atoms in total. The molecule has 1 aromatic heterocycles. The smallest absolute Gasteiger partial charge is 0.396 e. The van der Waals surface area contributed by atoms with Crippen molar-refractivity contribution >= 4 is 0 Å². The highest BCUT2D eigenvalue weighted by Gasteiger charge is 2.84. The summed E-state index contributed by atoms with van der Waals surface area (Å²) in [7, 11) is 1.89. The second kappa shape index (κ2) is 4.44. The van der Waals surface area contributed by atoms with E-state index in [0.717, 1.165) is 0 Å². The molecular weight excluding hydrogens is 316 g/mol. The van der Waals surface area contributed by atoms with Crippen LogP contribution in [0.3, 0.4) is 0 Å². The lowest BCUT2D eigenvalue weighted by Gasteiger charge is -2.31. The first-order valence-electron chi connectivity index (χ1n) is 7.72. The molecule has 1 aromatic rings. The van der Waals surface area contributed by atoms with Crippen molar-refractivity contribution in [3.8, 4) is 0 Å². The van der Waals surface area contributed by atoms with Crippen LogP contribution in [0.2, 0.25) is 0 Å². The van der Waals surface area contributed by atoms with Crippen LogP contribution in [0.4, 0.5) is 17.6 Å². The summed E-state index contributed by atoms with van der Waals surface area (Å²) >= 11 is 0. The third kappa shape index (κ3) is 1.92. The fraction of sp³-hybridized carbons (Fsp3) is 0.857. The van der Waals surface area contributed by atoms with E-state index in [-0.39, 0.29) is 44.1 Å². The van der Waals surface area contributed by atoms with Crippen LogP contribution in [-0.4, -0.2) is 54.5 Å². The monoisotopic (exact) mass is 334 g/mol. The SMILES string of the molecule is CN1CCC(F)(c2nnc([C@]34CNC[C@@]3(C(F)(F)F)C4)o2)CC1. The third-order valence-corrected chi connectivity index (χ3v) is 5.79. The van der Waals surface area contributed by atoms with Gasteiger partial charge in [-0.3, -0.25) is 0 Å². The number of aromatic nitrogens is 2. The Morgan fingerprint density at radius 1 is 1.13 bits per heavy atom. The minimum atomic E-state index is -4.34. The van der Waals surface area contributed by atoms with Crippen LogP contribution in [0, 0.1) is 5.41 Å². The maximum Gasteiger partial charge on any atom is 0.396 e. The summed E-state index contributed by atoms with van der Waals surface area (Å²) in [5.74, 6) is -0.254. The fourth-order valence-corrected chi connectivity index (χ4v) is 4.04. The van der Waals surface area contributed by atoms with Crippen molar-refractivity contribution in [2.75, 3.05) is 33.2 Å². The van der Waals surface area contributed by atoms with Gasteiger partial charge >= 0.3 is 6.18 Å². The molecular formula is C14H18F4N4O. The van der Waals surface area contributed by atoms with E-state index in [1.54, 1.807) is 0 Å². The Bertz CT molecular complexity index is 625. The Morgan fingerprint density at radius 2 is 1.78 bits per heavy atom. The van der Waals surface area contributed by atoms with E-state index in [2.05, 4.69) is 15.5 Å². The summed E-state index contributed by atoms with van der Waals surface area (Å²) in [6, 6.07) is 0. The number of likely N-dealkylation sites (tertiary alicyclic amines) is 1. The Labute approximate surface area is 130 Å². The molecule has 2 aliphatic heterocycles. The minimum absolute atomic E-state index is 0.0693. The molecule has 2 atom stereocenters. The molecule has 9 heteroatoms. The molecule has 3 aliphatic rings. The van der Waals surface area contributed by atoms with Gasteiger partial charge in [0.25, 0.3) is 5.89 Å². The van der Waals surface area contributed by atoms with Crippen molar-refractivity contribution in [1.82, 2.24) is 20.4 Å². The summed E-state index contributed by atoms with van der Waals surface area (Å²) in [4.78, 5) is 1.99. The van der Waals surface area contributed by atoms with Gasteiger partial charge in [-0.1, -0.05) is 0 Å². The van der Waals surface area contributed by atoms with Crippen molar-refractivity contribution in [3.05, 3.63) is 11.8 Å². The van der Waals surface area contributed by atoms with Crippen molar-refractivity contribution in [3.63, 3.8) is 0 Å². The van der Waals surface area contributed by atoms with Gasteiger partial charge in [-0.05, 0) is 13.5 Å². The average molecular weight is 334 g/mol. The van der Waals surface area contributed by atoms with Gasteiger partial charge in [-0.15, -0.1) is 10.2 Å². The molecule has 128 valence electrons. The molecule has 0 bridgehead atoms. The van der Waals surface area contributed by atoms with E-state index in [0.29, 0.717) is 13.1 Å². The first-order valence-corrected chi connectivity index (χ1v) is 7.72. The summed E-state index contributed by atoms with van der Waals surface area (Å²) in [6.07, 6.45) is -3.99. The molecule has 4 rings (SSSR count). The number of nitrogens with one attached hydrogen (secondary N) is 1. The molecule has 0 spiro atoms. The normalized spacial score (nSPS) is 36.9. The quantitative estimate of drug-likeness (QED) is 0.835. The predicted molar refractivity (Wildman–Crippen MR) is 71.5 cm³/mol. The first-order chi connectivity index (χ1) is 10.7. The van der Waals surface area contributed by atoms with E-state index in [1.807, 2.05) is 11.9 Å². The van der Waals surface area contributed by atoms with E-state index >= 15 is 0 Å². The van der Waals surface area contributed by atoms with Gasteiger partial charge in [0.05, 0.1) is 10.8 Å². The van der Waals surface area contributed by atoms with E-state index < -0.39 is 22.7 Å². The van der Waals surface area contributed by atoms with Crippen LogP contribution in [-0.2, 0) is 11.1 Å². The molecule has 3 heterocycles. The molecule has 3 fully saturated rings. The van der Waals surface area contributed by atoms with E-state index in [4.69, 9.17) is 4.42 Å². The number of fused-ring (bicyclic) bond motifs is 1. The molecule has 0 unspecified atom stereocenters. The lowest BCUT2D eigenvalue weighted by Crippen LogP contribution is -2.38. The minimum Gasteiger partial charge on any atom is -0.421 e. The van der Waals surface area contributed by atoms with Crippen molar-refractivity contribution in [2.24, 2.45) is 5.41 Å². The van der Waals surface area contributed by atoms with E-state index in [9.17, 15) is 17.6 Å². The zero-order valence-corrected chi connectivity index (χ0v) is 12.7. The average Bonchev–Trinajstić information content (AvgIpc) is 2.87. The van der Waals surface area contributed by atoms with Crippen LogP contribution < -0.4 is 5.32 Å². The molecule has 0 aromatic carbocycles. The standard InChI is InChI=1S/C14H18F4N4O/c1-22-4-2-12(15,3-5-22)10-21-20-9(23-10)11-6-13(11,8-19-7-11)14(16,17)18/h19H,2-8H2,1H3/t11-,13-/m0/s1. The van der Waals surface area contributed by atoms with Gasteiger partial charge in [0, 0.05) is 39.0 Å². The van der Waals surface area contributed by atoms with Crippen LogP contribution in [0.25, 0.3) is 0 Å². The van der Waals surface area contributed by atoms with Gasteiger partial charge in [-0.25, -0.2) is 4.39 Å². The van der Waals surface area contributed by atoms with Gasteiger partial charge in [0.2, 0.25) is 5.89 Å². The Balaban J connectivity index is 1.63. The highest BCUT2D eigenvalue weighted by molar-refractivity contribution is 5.35. The third-order valence-electron chi connectivity index (χ3n) is 5.79. The number of hydrogen-bond donors (Lipinski definition) is 1. The lowest BCUT2D eigenvalue weighted by molar-refractivity contribution is -0.187. The van der Waals surface area contributed by atoms with Crippen LogP contribution in [0.1, 0.15) is 31.0 Å². The zero-order chi connectivity index (χ0) is 16.5. The molecule has 2 saturated heterocycles. The maximum atomic E-state index is 15.0. The largest absolute Gasteiger partial charge is 0.421 e. The highest BCUT2D eigenvalue weighted by Crippen LogP contribution is 2.73. The summed E-state index contributed by atoms with van der Waals surface area (Å²) in [5.41, 5.74) is -4.81. The van der Waals surface area contributed by atoms with Crippen molar-refractivity contribution < 1.29 is 22.0 Å². The topological polar surface area (TPSA) is 54.2 Å². The summed E-state index contributed by atoms with van der Waals surface area (Å²) in [6.45, 7) is 1.08. The molecule has 1 N–H and O–H groups in total. The molecule has 23 heavy (non-hydrogen) atoms. The second-order valence-electron chi connectivity index (χ2n) is 7.12. The molecule has 1 saturated carbocycles. The first kappa shape index (κ1) is 15.3. The van der Waals surface area contributed by atoms with Gasteiger partial charge in [-0.2, -0.15) is 13.2 Å². The highest BCUT2D eigenvalue weighted by atomic mass is 19.4. The van der Waals surface area contributed by atoms with Gasteiger partial charge in [0.1, 0.15) is 0 Å². The number of rotatable bonds is 2. The Morgan fingerprint density at radius 3 is 2.39 bits per heavy atom. The Hall–Kier alpha value is -1.22. The molecule has 0 amide bonds. The van der Waals surface area contributed by atoms with E-state index in [1.165, 1.54) is 0 Å². The molecule has 0 radical (unpaired) electrons. The maximum absolute atomic E-state index is 15.0. The molecule has 1 aliphatic carbocycles. The van der Waals surface area contributed by atoms with Crippen LogP contribution in [0.15, 0.2) is 4.42 Å². The van der Waals surface area contributed by atoms with Crippen LogP contribution >= 0.6 is 0 Å². The number of nitrogens with zero attached hydrogens (tertiary/aromatic N) is 3. The number of hydrogen-bond acceptors (Lipinski definition) is 5. The van der Waals surface area contributed by atoms with Crippen molar-refractivity contribution in [2.45, 2.75) is 36.5 Å². The number of halogens is 4. The lowest BCUT2D eigenvalue weighted by atomic mass is 9.93. The second-order valence-corrected chi connectivity index (χ2v) is 7.12. The number of piperidine rings is 2. The summed E-state index contributed by atoms with van der Waals surface area (Å²) in [5, 5.41) is 10.3. The summed E-state index contributed by atoms with van der Waals surface area (Å²) < 4.78 is 60.6. The Kier molecular flexibility index (Phi) is 2.96. The predicted octanol–water partition coefficient (Wildman–Crippen LogP) is 1.75. The number of alkyl halides is 4. The zero-order valence-electron chi connectivity index (χ0n) is 12.7. The fourth-order valence-electron chi connectivity index (χ4n) is 4.04. The van der Waals surface area contributed by atoms with Crippen LogP contribution in [0.5, 0.6) is 0 Å². The van der Waals surface area contributed by atoms with Gasteiger partial charge < -0.3 is 14.6 Å².